The normalized spacial score (nSPS) is 28.3. The van der Waals surface area contributed by atoms with E-state index in [2.05, 4.69) is 30.8 Å². The van der Waals surface area contributed by atoms with Crippen molar-refractivity contribution in [3.63, 3.8) is 0 Å². The minimum Gasteiger partial charge on any atom is -0.367 e. The number of alkyl halides is 1. The Balaban J connectivity index is 1.76. The van der Waals surface area contributed by atoms with Crippen LogP contribution in [0.3, 0.4) is 0 Å². The van der Waals surface area contributed by atoms with Crippen molar-refractivity contribution in [1.29, 1.82) is 0 Å². The first-order valence-corrected chi connectivity index (χ1v) is 7.64. The molecule has 98 valence electrons. The number of aryl methyl sites for hydroxylation is 1. The maximum absolute atomic E-state index is 5.93. The van der Waals surface area contributed by atoms with Gasteiger partial charge >= 0.3 is 0 Å². The molecule has 0 bridgehead atoms. The van der Waals surface area contributed by atoms with Gasteiger partial charge in [0.15, 0.2) is 5.82 Å². The van der Waals surface area contributed by atoms with Crippen LogP contribution in [0.25, 0.3) is 0 Å². The molecule has 2 aliphatic rings. The maximum Gasteiger partial charge on any atom is 0.158 e. The molecule has 2 fully saturated rings. The molecule has 0 aliphatic carbocycles. The second-order valence-corrected chi connectivity index (χ2v) is 5.65. The van der Waals surface area contributed by atoms with Crippen molar-refractivity contribution >= 4 is 15.9 Å². The van der Waals surface area contributed by atoms with Gasteiger partial charge in [-0.05, 0) is 26.3 Å². The lowest BCUT2D eigenvalue weighted by molar-refractivity contribution is -0.0542. The van der Waals surface area contributed by atoms with Crippen molar-refractivity contribution in [2.45, 2.75) is 37.2 Å². The minimum atomic E-state index is 0.0439. The van der Waals surface area contributed by atoms with Crippen LogP contribution in [0.4, 0.5) is 0 Å². The smallest absolute Gasteiger partial charge is 0.158 e. The Morgan fingerprint density at radius 1 is 1.56 bits per heavy atom. The van der Waals surface area contributed by atoms with Crippen LogP contribution in [-0.2, 0) is 10.1 Å². The van der Waals surface area contributed by atoms with E-state index >= 15 is 0 Å². The van der Waals surface area contributed by atoms with E-state index in [1.54, 1.807) is 0 Å². The third-order valence-electron chi connectivity index (χ3n) is 3.92. The van der Waals surface area contributed by atoms with Crippen LogP contribution in [-0.4, -0.2) is 40.6 Å². The lowest BCUT2D eigenvalue weighted by atomic mass is 10.1. The Labute approximate surface area is 116 Å². The van der Waals surface area contributed by atoms with Crippen molar-refractivity contribution < 1.29 is 4.74 Å². The molecule has 0 aromatic carbocycles. The molecule has 0 N–H and O–H groups in total. The summed E-state index contributed by atoms with van der Waals surface area (Å²) in [6.45, 7) is 5.00. The van der Waals surface area contributed by atoms with Gasteiger partial charge in [-0.1, -0.05) is 15.9 Å². The van der Waals surface area contributed by atoms with E-state index in [1.807, 2.05) is 13.1 Å². The van der Waals surface area contributed by atoms with E-state index in [9.17, 15) is 0 Å². The van der Waals surface area contributed by atoms with E-state index < -0.39 is 0 Å². The lowest BCUT2D eigenvalue weighted by Gasteiger charge is -2.34. The predicted octanol–water partition coefficient (Wildman–Crippen LogP) is 2.22. The van der Waals surface area contributed by atoms with Gasteiger partial charge in [0, 0.05) is 35.4 Å². The molecule has 2 atom stereocenters. The molecule has 4 nitrogen and oxygen atoms in total. The molecule has 2 saturated heterocycles. The molecule has 0 spiro atoms. The zero-order chi connectivity index (χ0) is 12.5. The fraction of sp³-hybridized carbons (Fsp3) is 0.692. The summed E-state index contributed by atoms with van der Waals surface area (Å²) in [4.78, 5) is 11.6. The molecule has 3 heterocycles. The van der Waals surface area contributed by atoms with Gasteiger partial charge in [0.05, 0.1) is 6.61 Å². The molecule has 0 radical (unpaired) electrons. The summed E-state index contributed by atoms with van der Waals surface area (Å²) in [6, 6.07) is 0.629. The van der Waals surface area contributed by atoms with Gasteiger partial charge in [-0.15, -0.1) is 0 Å². The summed E-state index contributed by atoms with van der Waals surface area (Å²) < 4.78 is 5.93. The average Bonchev–Trinajstić information content (AvgIpc) is 2.85. The average molecular weight is 312 g/mol. The van der Waals surface area contributed by atoms with E-state index in [0.717, 1.165) is 35.6 Å². The van der Waals surface area contributed by atoms with Crippen molar-refractivity contribution in [3.05, 3.63) is 23.3 Å². The van der Waals surface area contributed by atoms with Gasteiger partial charge in [-0.25, -0.2) is 9.97 Å². The van der Waals surface area contributed by atoms with Crippen LogP contribution in [0.15, 0.2) is 6.20 Å². The van der Waals surface area contributed by atoms with Crippen LogP contribution < -0.4 is 0 Å². The van der Waals surface area contributed by atoms with Gasteiger partial charge in [-0.3, -0.25) is 4.90 Å². The lowest BCUT2D eigenvalue weighted by Crippen LogP contribution is -2.42. The number of hydrogen-bond donors (Lipinski definition) is 0. The largest absolute Gasteiger partial charge is 0.367 e. The molecule has 1 aromatic heterocycles. The third kappa shape index (κ3) is 2.31. The molecule has 2 aliphatic heterocycles. The molecule has 2 unspecified atom stereocenters. The highest BCUT2D eigenvalue weighted by Crippen LogP contribution is 2.28. The van der Waals surface area contributed by atoms with Gasteiger partial charge in [0.2, 0.25) is 0 Å². The van der Waals surface area contributed by atoms with E-state index in [4.69, 9.17) is 4.74 Å². The number of hydrogen-bond acceptors (Lipinski definition) is 4. The highest BCUT2D eigenvalue weighted by molar-refractivity contribution is 9.08. The fourth-order valence-electron chi connectivity index (χ4n) is 2.77. The maximum atomic E-state index is 5.93. The Morgan fingerprint density at radius 2 is 2.44 bits per heavy atom. The highest BCUT2D eigenvalue weighted by Gasteiger charge is 2.34. The zero-order valence-electron chi connectivity index (χ0n) is 10.6. The van der Waals surface area contributed by atoms with Crippen LogP contribution in [0.2, 0.25) is 0 Å². The quantitative estimate of drug-likeness (QED) is 0.785. The third-order valence-corrected chi connectivity index (χ3v) is 4.52. The molecular formula is C13H18BrN3O. The first kappa shape index (κ1) is 12.5. The van der Waals surface area contributed by atoms with Gasteiger partial charge in [-0.2, -0.15) is 0 Å². The number of nitrogens with zero attached hydrogens (tertiary/aromatic N) is 3. The van der Waals surface area contributed by atoms with E-state index in [0.29, 0.717) is 6.04 Å². The van der Waals surface area contributed by atoms with Crippen LogP contribution in [0.1, 0.15) is 36.0 Å². The summed E-state index contributed by atoms with van der Waals surface area (Å²) >= 11 is 3.45. The highest BCUT2D eigenvalue weighted by atomic mass is 79.9. The summed E-state index contributed by atoms with van der Waals surface area (Å²) in [7, 11) is 0. The number of fused-ring (bicyclic) bond motifs is 1. The minimum absolute atomic E-state index is 0.0439. The SMILES string of the molecule is Cc1nc(C2CN3CCCC3CO2)ncc1CBr. The van der Waals surface area contributed by atoms with Crippen molar-refractivity contribution in [1.82, 2.24) is 14.9 Å². The Kier molecular flexibility index (Phi) is 3.63. The second kappa shape index (κ2) is 5.23. The zero-order valence-corrected chi connectivity index (χ0v) is 12.2. The first-order valence-electron chi connectivity index (χ1n) is 6.52. The summed E-state index contributed by atoms with van der Waals surface area (Å²) in [5, 5.41) is 0.804. The summed E-state index contributed by atoms with van der Waals surface area (Å²) in [5.74, 6) is 0.836. The molecule has 5 heteroatoms. The van der Waals surface area contributed by atoms with Crippen molar-refractivity contribution in [2.24, 2.45) is 0 Å². The summed E-state index contributed by atoms with van der Waals surface area (Å²) in [5.41, 5.74) is 2.19. The predicted molar refractivity (Wildman–Crippen MR) is 72.7 cm³/mol. The topological polar surface area (TPSA) is 38.2 Å². The molecule has 1 aromatic rings. The van der Waals surface area contributed by atoms with Crippen LogP contribution >= 0.6 is 15.9 Å². The molecule has 18 heavy (non-hydrogen) atoms. The van der Waals surface area contributed by atoms with Crippen molar-refractivity contribution in [3.8, 4) is 0 Å². The van der Waals surface area contributed by atoms with Gasteiger partial charge in [0.25, 0.3) is 0 Å². The number of morpholine rings is 1. The van der Waals surface area contributed by atoms with E-state index in [1.165, 1.54) is 19.4 Å². The number of ether oxygens (including phenoxy) is 1. The standard InChI is InChI=1S/C13H18BrN3O/c1-9-10(5-14)6-15-13(16-9)12-7-17-4-2-3-11(17)8-18-12/h6,11-12H,2-5,7-8H2,1H3. The monoisotopic (exact) mass is 311 g/mol. The van der Waals surface area contributed by atoms with Crippen LogP contribution in [0.5, 0.6) is 0 Å². The molecular weight excluding hydrogens is 294 g/mol. The van der Waals surface area contributed by atoms with Gasteiger partial charge < -0.3 is 4.74 Å². The van der Waals surface area contributed by atoms with Gasteiger partial charge in [0.1, 0.15) is 6.10 Å². The number of rotatable bonds is 2. The second-order valence-electron chi connectivity index (χ2n) is 5.09. The molecule has 3 rings (SSSR count). The first-order chi connectivity index (χ1) is 8.78. The Hall–Kier alpha value is -0.520. The van der Waals surface area contributed by atoms with E-state index in [-0.39, 0.29) is 6.10 Å². The molecule has 0 saturated carbocycles. The summed E-state index contributed by atoms with van der Waals surface area (Å²) in [6.07, 6.45) is 4.52. The molecule has 0 amide bonds. The van der Waals surface area contributed by atoms with Crippen molar-refractivity contribution in [2.75, 3.05) is 19.7 Å². The fourth-order valence-corrected chi connectivity index (χ4v) is 3.32. The Bertz CT molecular complexity index is 440. The Morgan fingerprint density at radius 3 is 3.22 bits per heavy atom. The van der Waals surface area contributed by atoms with Crippen LogP contribution in [0, 0.1) is 6.92 Å². The number of halogens is 1. The number of aromatic nitrogens is 2.